The minimum atomic E-state index is 0.102. The van der Waals surface area contributed by atoms with Crippen molar-refractivity contribution in [1.29, 1.82) is 0 Å². The molecule has 0 fully saturated rings. The molecule has 2 aromatic rings. The quantitative estimate of drug-likeness (QED) is 0.748. The zero-order chi connectivity index (χ0) is 15.4. The molecule has 3 N–H and O–H groups in total. The highest BCUT2D eigenvalue weighted by molar-refractivity contribution is 9.10. The maximum Gasteiger partial charge on any atom is 0.144 e. The number of hydrogen-bond acceptors (Lipinski definition) is 3. The molecule has 112 valence electrons. The topological polar surface area (TPSA) is 47.3 Å². The summed E-state index contributed by atoms with van der Waals surface area (Å²) in [6, 6.07) is 14.2. The van der Waals surface area contributed by atoms with E-state index in [9.17, 15) is 0 Å². The molecule has 4 heteroatoms. The van der Waals surface area contributed by atoms with Crippen molar-refractivity contribution in [3.63, 3.8) is 0 Å². The average Bonchev–Trinajstić information content (AvgIpc) is 2.42. The fourth-order valence-corrected chi connectivity index (χ4v) is 2.54. The van der Waals surface area contributed by atoms with E-state index in [1.54, 1.807) is 0 Å². The first kappa shape index (κ1) is 15.7. The Hall–Kier alpha value is -1.68. The van der Waals surface area contributed by atoms with E-state index in [1.165, 1.54) is 5.56 Å². The molecule has 21 heavy (non-hydrogen) atoms. The second kappa shape index (κ2) is 6.85. The second-order valence-corrected chi connectivity index (χ2v) is 6.22. The smallest absolute Gasteiger partial charge is 0.144 e. The van der Waals surface area contributed by atoms with Crippen LogP contribution in [0.4, 0.5) is 11.4 Å². The van der Waals surface area contributed by atoms with E-state index in [-0.39, 0.29) is 12.1 Å². The Bertz CT molecular complexity index is 613. The van der Waals surface area contributed by atoms with Crippen molar-refractivity contribution in [3.05, 3.63) is 52.5 Å². The summed E-state index contributed by atoms with van der Waals surface area (Å²) in [7, 11) is 0. The molecule has 0 saturated heterocycles. The van der Waals surface area contributed by atoms with Crippen LogP contribution in [0.15, 0.2) is 46.9 Å². The number of benzene rings is 2. The van der Waals surface area contributed by atoms with Gasteiger partial charge in [0, 0.05) is 10.5 Å². The number of anilines is 2. The monoisotopic (exact) mass is 348 g/mol. The summed E-state index contributed by atoms with van der Waals surface area (Å²) < 4.78 is 6.79. The van der Waals surface area contributed by atoms with Crippen LogP contribution >= 0.6 is 15.9 Å². The van der Waals surface area contributed by atoms with Gasteiger partial charge in [-0.05, 0) is 50.6 Å². The fraction of sp³-hybridized carbons (Fsp3) is 0.294. The molecule has 0 bridgehead atoms. The summed E-state index contributed by atoms with van der Waals surface area (Å²) >= 11 is 3.50. The number of para-hydroxylation sites is 1. The van der Waals surface area contributed by atoms with E-state index in [0.29, 0.717) is 5.69 Å². The van der Waals surface area contributed by atoms with Gasteiger partial charge >= 0.3 is 0 Å². The molecule has 1 atom stereocenters. The van der Waals surface area contributed by atoms with E-state index in [2.05, 4.69) is 40.3 Å². The number of nitrogen functional groups attached to an aromatic ring is 1. The third-order valence-corrected chi connectivity index (χ3v) is 3.64. The molecule has 2 aromatic carbocycles. The van der Waals surface area contributed by atoms with Crippen LogP contribution in [0.1, 0.15) is 32.4 Å². The summed E-state index contributed by atoms with van der Waals surface area (Å²) in [5, 5.41) is 3.44. The molecule has 0 saturated carbocycles. The maximum absolute atomic E-state index is 6.19. The van der Waals surface area contributed by atoms with Gasteiger partial charge < -0.3 is 15.8 Å². The highest BCUT2D eigenvalue weighted by Crippen LogP contribution is 2.32. The van der Waals surface area contributed by atoms with E-state index >= 15 is 0 Å². The van der Waals surface area contributed by atoms with Gasteiger partial charge in [-0.1, -0.05) is 34.1 Å². The van der Waals surface area contributed by atoms with Gasteiger partial charge in [-0.15, -0.1) is 0 Å². The van der Waals surface area contributed by atoms with Crippen LogP contribution in [0, 0.1) is 0 Å². The fourth-order valence-electron chi connectivity index (χ4n) is 2.12. The van der Waals surface area contributed by atoms with Crippen LogP contribution in [0.3, 0.4) is 0 Å². The molecule has 0 aliphatic heterocycles. The molecule has 1 unspecified atom stereocenters. The molecule has 0 aliphatic rings. The average molecular weight is 349 g/mol. The van der Waals surface area contributed by atoms with Crippen molar-refractivity contribution < 1.29 is 4.74 Å². The highest BCUT2D eigenvalue weighted by Gasteiger charge is 2.11. The Morgan fingerprint density at radius 1 is 1.10 bits per heavy atom. The number of ether oxygens (including phenoxy) is 1. The van der Waals surface area contributed by atoms with Crippen molar-refractivity contribution >= 4 is 27.3 Å². The Morgan fingerprint density at radius 2 is 1.81 bits per heavy atom. The maximum atomic E-state index is 6.19. The van der Waals surface area contributed by atoms with Gasteiger partial charge in [-0.25, -0.2) is 0 Å². The Morgan fingerprint density at radius 3 is 2.48 bits per heavy atom. The lowest BCUT2D eigenvalue weighted by Crippen LogP contribution is -2.11. The first-order chi connectivity index (χ1) is 9.97. The predicted octanol–water partition coefficient (Wildman–Crippen LogP) is 4.99. The van der Waals surface area contributed by atoms with Crippen molar-refractivity contribution in [2.75, 3.05) is 11.1 Å². The van der Waals surface area contributed by atoms with Gasteiger partial charge in [-0.2, -0.15) is 0 Å². The van der Waals surface area contributed by atoms with Crippen molar-refractivity contribution in [2.24, 2.45) is 0 Å². The second-order valence-electron chi connectivity index (χ2n) is 5.31. The predicted molar refractivity (Wildman–Crippen MR) is 92.8 cm³/mol. The lowest BCUT2D eigenvalue weighted by atomic mass is 10.1. The van der Waals surface area contributed by atoms with Gasteiger partial charge in [0.2, 0.25) is 0 Å². The van der Waals surface area contributed by atoms with Crippen molar-refractivity contribution in [2.45, 2.75) is 32.9 Å². The Kier molecular flexibility index (Phi) is 5.12. The molecule has 0 radical (unpaired) electrons. The molecular weight excluding hydrogens is 328 g/mol. The first-order valence-corrected chi connectivity index (χ1v) is 7.84. The van der Waals surface area contributed by atoms with Crippen LogP contribution in [0.5, 0.6) is 5.75 Å². The van der Waals surface area contributed by atoms with E-state index in [0.717, 1.165) is 15.9 Å². The van der Waals surface area contributed by atoms with Crippen LogP contribution < -0.4 is 15.8 Å². The van der Waals surface area contributed by atoms with Gasteiger partial charge in [0.15, 0.2) is 0 Å². The molecule has 0 spiro atoms. The minimum Gasteiger partial charge on any atom is -0.489 e. The zero-order valence-corrected chi connectivity index (χ0v) is 14.1. The summed E-state index contributed by atoms with van der Waals surface area (Å²) in [6.07, 6.45) is 0.102. The molecule has 0 amide bonds. The number of halogens is 1. The number of nitrogens with two attached hydrogens (primary N) is 1. The number of hydrogen-bond donors (Lipinski definition) is 2. The highest BCUT2D eigenvalue weighted by atomic mass is 79.9. The van der Waals surface area contributed by atoms with E-state index < -0.39 is 0 Å². The first-order valence-electron chi connectivity index (χ1n) is 7.04. The van der Waals surface area contributed by atoms with Gasteiger partial charge in [0.25, 0.3) is 0 Å². The zero-order valence-electron chi connectivity index (χ0n) is 12.6. The van der Waals surface area contributed by atoms with Crippen molar-refractivity contribution in [3.8, 4) is 5.75 Å². The van der Waals surface area contributed by atoms with Gasteiger partial charge in [0.05, 0.1) is 17.5 Å². The molecule has 0 aliphatic carbocycles. The van der Waals surface area contributed by atoms with E-state index in [4.69, 9.17) is 10.5 Å². The SMILES string of the molecule is CC(C)Oc1cccc(NC(C)c2cccc(Br)c2)c1N. The van der Waals surface area contributed by atoms with Crippen LogP contribution in [-0.2, 0) is 0 Å². The Labute approximate surface area is 134 Å². The minimum absolute atomic E-state index is 0.102. The largest absolute Gasteiger partial charge is 0.489 e. The van der Waals surface area contributed by atoms with Crippen molar-refractivity contribution in [1.82, 2.24) is 0 Å². The van der Waals surface area contributed by atoms with Gasteiger partial charge in [0.1, 0.15) is 5.75 Å². The molecular formula is C17H21BrN2O. The van der Waals surface area contributed by atoms with Crippen LogP contribution in [0.25, 0.3) is 0 Å². The third kappa shape index (κ3) is 4.14. The number of nitrogens with one attached hydrogen (secondary N) is 1. The lowest BCUT2D eigenvalue weighted by Gasteiger charge is -2.20. The summed E-state index contributed by atoms with van der Waals surface area (Å²) in [5.41, 5.74) is 8.92. The standard InChI is InChI=1S/C17H21BrN2O/c1-11(2)21-16-9-5-8-15(17(16)19)20-12(3)13-6-4-7-14(18)10-13/h4-12,20H,19H2,1-3H3. The lowest BCUT2D eigenvalue weighted by molar-refractivity contribution is 0.244. The summed E-state index contributed by atoms with van der Waals surface area (Å²) in [5.74, 6) is 0.719. The molecule has 2 rings (SSSR count). The van der Waals surface area contributed by atoms with Crippen LogP contribution in [0.2, 0.25) is 0 Å². The normalized spacial score (nSPS) is 12.2. The molecule has 0 heterocycles. The molecule has 0 aromatic heterocycles. The summed E-state index contributed by atoms with van der Waals surface area (Å²) in [6.45, 7) is 6.09. The Balaban J connectivity index is 2.19. The van der Waals surface area contributed by atoms with Gasteiger partial charge in [-0.3, -0.25) is 0 Å². The third-order valence-electron chi connectivity index (χ3n) is 3.15. The van der Waals surface area contributed by atoms with Crippen LogP contribution in [-0.4, -0.2) is 6.10 Å². The van der Waals surface area contributed by atoms with E-state index in [1.807, 2.05) is 44.2 Å². The number of rotatable bonds is 5. The molecule has 3 nitrogen and oxygen atoms in total. The summed E-state index contributed by atoms with van der Waals surface area (Å²) in [4.78, 5) is 0.